The van der Waals surface area contributed by atoms with Crippen LogP contribution in [0.15, 0.2) is 54.6 Å². The zero-order valence-electron chi connectivity index (χ0n) is 15.1. The monoisotopic (exact) mass is 336 g/mol. The van der Waals surface area contributed by atoms with Crippen molar-refractivity contribution in [3.05, 3.63) is 65.7 Å². The highest BCUT2D eigenvalue weighted by Crippen LogP contribution is 2.22. The first-order chi connectivity index (χ1) is 12.2. The van der Waals surface area contributed by atoms with E-state index in [1.165, 1.54) is 24.0 Å². The molecule has 3 heteroatoms. The number of piperidine rings is 1. The van der Waals surface area contributed by atoms with Crippen LogP contribution in [0.2, 0.25) is 0 Å². The number of likely N-dealkylation sites (tertiary alicyclic amines) is 1. The van der Waals surface area contributed by atoms with Crippen LogP contribution >= 0.6 is 0 Å². The van der Waals surface area contributed by atoms with Crippen LogP contribution in [0.1, 0.15) is 30.9 Å². The molecule has 0 aromatic heterocycles. The first kappa shape index (κ1) is 17.7. The summed E-state index contributed by atoms with van der Waals surface area (Å²) in [7, 11) is 0. The van der Waals surface area contributed by atoms with Gasteiger partial charge in [0, 0.05) is 5.69 Å². The van der Waals surface area contributed by atoms with E-state index in [4.69, 9.17) is 0 Å². The van der Waals surface area contributed by atoms with Gasteiger partial charge in [-0.2, -0.15) is 0 Å². The summed E-state index contributed by atoms with van der Waals surface area (Å²) in [4.78, 5) is 14.7. The molecular weight excluding hydrogens is 308 g/mol. The number of nitrogens with zero attached hydrogens (tertiary/aromatic N) is 1. The minimum atomic E-state index is 0.0995. The number of para-hydroxylation sites is 1. The Balaban J connectivity index is 1.45. The third kappa shape index (κ3) is 5.17. The zero-order valence-corrected chi connectivity index (χ0v) is 15.1. The minimum Gasteiger partial charge on any atom is -0.325 e. The molecule has 1 heterocycles. The number of rotatable bonds is 6. The predicted octanol–water partition coefficient (Wildman–Crippen LogP) is 4.14. The van der Waals surface area contributed by atoms with Gasteiger partial charge in [0.1, 0.15) is 0 Å². The lowest BCUT2D eigenvalue weighted by Crippen LogP contribution is -2.39. The van der Waals surface area contributed by atoms with Crippen molar-refractivity contribution in [1.82, 2.24) is 4.90 Å². The molecule has 0 unspecified atom stereocenters. The van der Waals surface area contributed by atoms with Crippen LogP contribution in [0.4, 0.5) is 5.69 Å². The maximum absolute atomic E-state index is 12.4. The van der Waals surface area contributed by atoms with Crippen LogP contribution in [-0.2, 0) is 17.6 Å². The molecule has 0 saturated carbocycles. The second kappa shape index (κ2) is 8.82. The summed E-state index contributed by atoms with van der Waals surface area (Å²) < 4.78 is 0. The molecule has 0 aliphatic carbocycles. The number of hydrogen-bond donors (Lipinski definition) is 1. The van der Waals surface area contributed by atoms with Crippen LogP contribution in [0.5, 0.6) is 0 Å². The zero-order chi connectivity index (χ0) is 17.5. The minimum absolute atomic E-state index is 0.0995. The average Bonchev–Trinajstić information content (AvgIpc) is 2.64. The van der Waals surface area contributed by atoms with Crippen molar-refractivity contribution in [2.75, 3.05) is 25.0 Å². The van der Waals surface area contributed by atoms with E-state index >= 15 is 0 Å². The van der Waals surface area contributed by atoms with E-state index in [-0.39, 0.29) is 5.91 Å². The summed E-state index contributed by atoms with van der Waals surface area (Å²) in [6.45, 7) is 4.64. The summed E-state index contributed by atoms with van der Waals surface area (Å²) in [6, 6.07) is 18.8. The van der Waals surface area contributed by atoms with Gasteiger partial charge >= 0.3 is 0 Å². The van der Waals surface area contributed by atoms with Crippen molar-refractivity contribution in [2.24, 2.45) is 5.92 Å². The third-order valence-electron chi connectivity index (χ3n) is 5.11. The summed E-state index contributed by atoms with van der Waals surface area (Å²) in [5.74, 6) is 0.838. The number of benzene rings is 2. The lowest BCUT2D eigenvalue weighted by atomic mass is 9.90. The molecule has 1 N–H and O–H groups in total. The van der Waals surface area contributed by atoms with Gasteiger partial charge in [0.15, 0.2) is 0 Å². The number of nitrogens with one attached hydrogen (secondary N) is 1. The van der Waals surface area contributed by atoms with Crippen LogP contribution in [0.25, 0.3) is 0 Å². The molecule has 0 radical (unpaired) electrons. The Morgan fingerprint density at radius 3 is 2.44 bits per heavy atom. The van der Waals surface area contributed by atoms with E-state index in [0.717, 1.165) is 37.5 Å². The lowest BCUT2D eigenvalue weighted by molar-refractivity contribution is -0.117. The molecule has 0 spiro atoms. The van der Waals surface area contributed by atoms with Gasteiger partial charge in [0.05, 0.1) is 6.54 Å². The van der Waals surface area contributed by atoms with E-state index in [2.05, 4.69) is 53.5 Å². The maximum Gasteiger partial charge on any atom is 0.238 e. The highest BCUT2D eigenvalue weighted by atomic mass is 16.2. The largest absolute Gasteiger partial charge is 0.325 e. The van der Waals surface area contributed by atoms with Crippen molar-refractivity contribution in [2.45, 2.75) is 32.6 Å². The van der Waals surface area contributed by atoms with Gasteiger partial charge in [-0.1, -0.05) is 55.5 Å². The Hall–Kier alpha value is -2.13. The van der Waals surface area contributed by atoms with Gasteiger partial charge in [-0.25, -0.2) is 0 Å². The first-order valence-corrected chi connectivity index (χ1v) is 9.38. The normalized spacial score (nSPS) is 15.9. The molecular formula is C22H28N2O. The number of anilines is 1. The van der Waals surface area contributed by atoms with Crippen molar-refractivity contribution < 1.29 is 4.79 Å². The van der Waals surface area contributed by atoms with Crippen LogP contribution < -0.4 is 5.32 Å². The Labute approximate surface area is 151 Å². The maximum atomic E-state index is 12.4. The second-order valence-electron chi connectivity index (χ2n) is 6.97. The van der Waals surface area contributed by atoms with Crippen LogP contribution in [0.3, 0.4) is 0 Å². The van der Waals surface area contributed by atoms with Gasteiger partial charge in [0.2, 0.25) is 5.91 Å². The molecule has 3 nitrogen and oxygen atoms in total. The van der Waals surface area contributed by atoms with Crippen molar-refractivity contribution in [3.8, 4) is 0 Å². The Morgan fingerprint density at radius 2 is 1.72 bits per heavy atom. The molecule has 2 aromatic carbocycles. The summed E-state index contributed by atoms with van der Waals surface area (Å²) in [6.07, 6.45) is 4.44. The lowest BCUT2D eigenvalue weighted by Gasteiger charge is -2.31. The molecule has 0 atom stereocenters. The number of amides is 1. The molecule has 3 rings (SSSR count). The summed E-state index contributed by atoms with van der Waals surface area (Å²) >= 11 is 0. The quantitative estimate of drug-likeness (QED) is 0.860. The molecule has 1 aliphatic heterocycles. The number of carbonyl (C=O) groups is 1. The van der Waals surface area contributed by atoms with Crippen LogP contribution in [0, 0.1) is 5.92 Å². The van der Waals surface area contributed by atoms with E-state index < -0.39 is 0 Å². The van der Waals surface area contributed by atoms with Gasteiger partial charge in [-0.3, -0.25) is 9.69 Å². The van der Waals surface area contributed by atoms with E-state index in [1.807, 2.05) is 18.2 Å². The fourth-order valence-corrected chi connectivity index (χ4v) is 3.64. The number of hydrogen-bond acceptors (Lipinski definition) is 2. The molecule has 0 bridgehead atoms. The number of aryl methyl sites for hydroxylation is 1. The number of carbonyl (C=O) groups excluding carboxylic acids is 1. The first-order valence-electron chi connectivity index (χ1n) is 9.38. The van der Waals surface area contributed by atoms with Gasteiger partial charge in [-0.15, -0.1) is 0 Å². The SMILES string of the molecule is CCc1ccccc1NC(=O)CN1CCC(Cc2ccccc2)CC1. The Morgan fingerprint density at radius 1 is 1.04 bits per heavy atom. The van der Waals surface area contributed by atoms with Gasteiger partial charge in [-0.05, 0) is 61.9 Å². The average molecular weight is 336 g/mol. The van der Waals surface area contributed by atoms with Gasteiger partial charge < -0.3 is 5.32 Å². The van der Waals surface area contributed by atoms with E-state index in [0.29, 0.717) is 6.54 Å². The highest BCUT2D eigenvalue weighted by molar-refractivity contribution is 5.93. The molecule has 25 heavy (non-hydrogen) atoms. The highest BCUT2D eigenvalue weighted by Gasteiger charge is 2.21. The van der Waals surface area contributed by atoms with E-state index in [9.17, 15) is 4.79 Å². The van der Waals surface area contributed by atoms with E-state index in [1.54, 1.807) is 0 Å². The van der Waals surface area contributed by atoms with Crippen molar-refractivity contribution >= 4 is 11.6 Å². The van der Waals surface area contributed by atoms with Crippen molar-refractivity contribution in [3.63, 3.8) is 0 Å². The topological polar surface area (TPSA) is 32.3 Å². The second-order valence-corrected chi connectivity index (χ2v) is 6.97. The predicted molar refractivity (Wildman–Crippen MR) is 104 cm³/mol. The Kier molecular flexibility index (Phi) is 6.24. The third-order valence-corrected chi connectivity index (χ3v) is 5.11. The van der Waals surface area contributed by atoms with Crippen molar-refractivity contribution in [1.29, 1.82) is 0 Å². The molecule has 132 valence electrons. The molecule has 1 fully saturated rings. The standard InChI is InChI=1S/C22H28N2O/c1-2-20-10-6-7-11-21(20)23-22(25)17-24-14-12-19(13-15-24)16-18-8-4-3-5-9-18/h3-11,19H,2,12-17H2,1H3,(H,23,25). The van der Waals surface area contributed by atoms with Gasteiger partial charge in [0.25, 0.3) is 0 Å². The molecule has 2 aromatic rings. The summed E-state index contributed by atoms with van der Waals surface area (Å²) in [5.41, 5.74) is 3.57. The fourth-order valence-electron chi connectivity index (χ4n) is 3.64. The molecule has 1 aliphatic rings. The smallest absolute Gasteiger partial charge is 0.238 e. The Bertz CT molecular complexity index is 675. The molecule has 1 amide bonds. The fraction of sp³-hybridized carbons (Fsp3) is 0.409. The molecule has 1 saturated heterocycles. The van der Waals surface area contributed by atoms with Crippen LogP contribution in [-0.4, -0.2) is 30.4 Å². The summed E-state index contributed by atoms with van der Waals surface area (Å²) in [5, 5.41) is 3.08.